The molecule has 2 aliphatic rings. The fourth-order valence-corrected chi connectivity index (χ4v) is 4.03. The van der Waals surface area contributed by atoms with E-state index in [0.29, 0.717) is 6.54 Å². The van der Waals surface area contributed by atoms with Crippen LogP contribution in [0.15, 0.2) is 18.2 Å². The van der Waals surface area contributed by atoms with E-state index in [1.54, 1.807) is 0 Å². The van der Waals surface area contributed by atoms with Crippen molar-refractivity contribution in [3.63, 3.8) is 0 Å². The van der Waals surface area contributed by atoms with E-state index >= 15 is 0 Å². The van der Waals surface area contributed by atoms with E-state index in [2.05, 4.69) is 17.9 Å². The molecule has 1 aromatic carbocycles. The number of carbonyl (C=O) groups excluding carboxylic acids is 1. The van der Waals surface area contributed by atoms with Crippen LogP contribution in [0.3, 0.4) is 0 Å². The van der Waals surface area contributed by atoms with Crippen LogP contribution in [0.5, 0.6) is 0 Å². The number of likely N-dealkylation sites (tertiary alicyclic amines) is 1. The molecule has 0 unspecified atom stereocenters. The summed E-state index contributed by atoms with van der Waals surface area (Å²) in [5.41, 5.74) is 2.82. The average molecular weight is 359 g/mol. The fraction of sp³-hybridized carbons (Fsp3) is 0.682. The van der Waals surface area contributed by atoms with Gasteiger partial charge in [-0.2, -0.15) is 0 Å². The van der Waals surface area contributed by atoms with Gasteiger partial charge in [0.2, 0.25) is 5.91 Å². The van der Waals surface area contributed by atoms with Gasteiger partial charge in [0.15, 0.2) is 0 Å². The molecule has 1 atom stereocenters. The molecule has 4 heteroatoms. The zero-order valence-corrected chi connectivity index (χ0v) is 16.8. The predicted octanol–water partition coefficient (Wildman–Crippen LogP) is 3.78. The Morgan fingerprint density at radius 3 is 2.58 bits per heavy atom. The lowest BCUT2D eigenvalue weighted by Gasteiger charge is -2.35. The molecule has 0 bridgehead atoms. The molecule has 26 heavy (non-hydrogen) atoms. The summed E-state index contributed by atoms with van der Waals surface area (Å²) < 4.78 is 0. The molecule has 0 aromatic heterocycles. The van der Waals surface area contributed by atoms with Gasteiger partial charge in [0, 0.05) is 24.2 Å². The Balaban J connectivity index is 1.73. The Morgan fingerprint density at radius 2 is 1.92 bits per heavy atom. The molecule has 0 saturated carbocycles. The number of aliphatic hydroxyl groups excluding tert-OH is 1. The van der Waals surface area contributed by atoms with Crippen molar-refractivity contribution < 1.29 is 9.90 Å². The van der Waals surface area contributed by atoms with Gasteiger partial charge in [-0.3, -0.25) is 4.79 Å². The van der Waals surface area contributed by atoms with E-state index in [1.807, 2.05) is 37.8 Å². The van der Waals surface area contributed by atoms with Crippen molar-refractivity contribution in [1.29, 1.82) is 0 Å². The van der Waals surface area contributed by atoms with Gasteiger partial charge < -0.3 is 14.9 Å². The van der Waals surface area contributed by atoms with Crippen LogP contribution in [0.1, 0.15) is 64.2 Å². The first kappa shape index (κ1) is 19.4. The second-order valence-corrected chi connectivity index (χ2v) is 9.20. The number of aryl methyl sites for hydroxylation is 1. The van der Waals surface area contributed by atoms with Gasteiger partial charge in [-0.15, -0.1) is 0 Å². The lowest BCUT2D eigenvalue weighted by atomic mass is 9.91. The van der Waals surface area contributed by atoms with Crippen LogP contribution in [0.2, 0.25) is 0 Å². The molecular formula is C22H34N2O2. The van der Waals surface area contributed by atoms with Crippen molar-refractivity contribution in [3.05, 3.63) is 29.3 Å². The molecule has 0 spiro atoms. The highest BCUT2D eigenvalue weighted by Gasteiger charge is 2.31. The van der Waals surface area contributed by atoms with Gasteiger partial charge in [-0.1, -0.05) is 39.8 Å². The molecule has 0 aliphatic carbocycles. The van der Waals surface area contributed by atoms with Crippen molar-refractivity contribution in [2.24, 2.45) is 11.3 Å². The predicted molar refractivity (Wildman–Crippen MR) is 106 cm³/mol. The summed E-state index contributed by atoms with van der Waals surface area (Å²) in [7, 11) is 0. The maximum atomic E-state index is 12.8. The Hall–Kier alpha value is -1.39. The number of aliphatic hydroxyl groups is 1. The van der Waals surface area contributed by atoms with Crippen LogP contribution >= 0.6 is 0 Å². The highest BCUT2D eigenvalue weighted by molar-refractivity contribution is 5.98. The second kappa shape index (κ2) is 7.69. The highest BCUT2D eigenvalue weighted by Crippen LogP contribution is 2.33. The topological polar surface area (TPSA) is 43.8 Å². The first-order valence-corrected chi connectivity index (χ1v) is 10.1. The molecule has 4 nitrogen and oxygen atoms in total. The third-order valence-electron chi connectivity index (χ3n) is 5.80. The van der Waals surface area contributed by atoms with Gasteiger partial charge >= 0.3 is 0 Å². The summed E-state index contributed by atoms with van der Waals surface area (Å²) in [6, 6.07) is 6.16. The van der Waals surface area contributed by atoms with E-state index in [4.69, 9.17) is 0 Å². The molecule has 144 valence electrons. The summed E-state index contributed by atoms with van der Waals surface area (Å²) in [4.78, 5) is 17.1. The molecule has 1 N–H and O–H groups in total. The third kappa shape index (κ3) is 4.29. The molecular weight excluding hydrogens is 324 g/mol. The summed E-state index contributed by atoms with van der Waals surface area (Å²) >= 11 is 0. The Labute approximate surface area is 158 Å². The van der Waals surface area contributed by atoms with Crippen LogP contribution in [-0.4, -0.2) is 42.1 Å². The van der Waals surface area contributed by atoms with Crippen molar-refractivity contribution in [2.75, 3.05) is 31.1 Å². The fourth-order valence-electron chi connectivity index (χ4n) is 4.03. The Morgan fingerprint density at radius 1 is 1.23 bits per heavy atom. The van der Waals surface area contributed by atoms with E-state index in [1.165, 1.54) is 18.4 Å². The molecule has 1 fully saturated rings. The number of rotatable bonds is 3. The Kier molecular flexibility index (Phi) is 5.73. The number of nitrogens with zero attached hydrogens (tertiary/aromatic N) is 2. The van der Waals surface area contributed by atoms with Crippen LogP contribution < -0.4 is 4.90 Å². The first-order chi connectivity index (χ1) is 12.3. The lowest BCUT2D eigenvalue weighted by Crippen LogP contribution is -2.42. The number of carbonyl (C=O) groups is 1. The molecule has 1 amide bonds. The van der Waals surface area contributed by atoms with Crippen LogP contribution in [0, 0.1) is 11.3 Å². The maximum Gasteiger partial charge on any atom is 0.232 e. The van der Waals surface area contributed by atoms with Gasteiger partial charge in [0.1, 0.15) is 0 Å². The number of anilines is 1. The van der Waals surface area contributed by atoms with Gasteiger partial charge in [-0.05, 0) is 61.9 Å². The molecule has 1 saturated heterocycles. The van der Waals surface area contributed by atoms with Gasteiger partial charge in [0.25, 0.3) is 0 Å². The lowest BCUT2D eigenvalue weighted by molar-refractivity contribution is -0.125. The molecule has 3 rings (SSSR count). The summed E-state index contributed by atoms with van der Waals surface area (Å²) in [5, 5.41) is 10.7. The zero-order valence-electron chi connectivity index (χ0n) is 16.8. The maximum absolute atomic E-state index is 12.8. The number of amides is 1. The first-order valence-electron chi connectivity index (χ1n) is 10.1. The third-order valence-corrected chi connectivity index (χ3v) is 5.80. The van der Waals surface area contributed by atoms with Crippen molar-refractivity contribution >= 4 is 11.6 Å². The summed E-state index contributed by atoms with van der Waals surface area (Å²) in [6.45, 7) is 11.9. The minimum Gasteiger partial charge on any atom is -0.387 e. The number of β-amino-alcohol motifs (C(OH)–C–C–N with tert-alkyl or cyclic N) is 1. The minimum atomic E-state index is -0.456. The van der Waals surface area contributed by atoms with E-state index in [9.17, 15) is 9.90 Å². The smallest absolute Gasteiger partial charge is 0.232 e. The van der Waals surface area contributed by atoms with Crippen LogP contribution in [0.25, 0.3) is 0 Å². The van der Waals surface area contributed by atoms with Crippen LogP contribution in [-0.2, 0) is 11.2 Å². The van der Waals surface area contributed by atoms with Gasteiger partial charge in [0.05, 0.1) is 6.10 Å². The SMILES string of the molecule is CC1CCN(C[C@H](O)c2ccc3c(c2)CCCN3C(=O)C(C)(C)C)CC1. The number of piperidine rings is 1. The monoisotopic (exact) mass is 358 g/mol. The normalized spacial score (nSPS) is 20.7. The largest absolute Gasteiger partial charge is 0.387 e. The summed E-state index contributed by atoms with van der Waals surface area (Å²) in [5.74, 6) is 0.979. The van der Waals surface area contributed by atoms with E-state index in [-0.39, 0.29) is 11.3 Å². The molecule has 2 heterocycles. The standard InChI is InChI=1S/C22H34N2O2/c1-16-9-12-23(13-10-16)15-20(25)18-7-8-19-17(14-18)6-5-11-24(19)21(26)22(2,3)4/h7-8,14,16,20,25H,5-6,9-13,15H2,1-4H3/t20-/m0/s1. The molecule has 1 aromatic rings. The Bertz CT molecular complexity index is 642. The van der Waals surface area contributed by atoms with Crippen molar-refractivity contribution in [3.8, 4) is 0 Å². The van der Waals surface area contributed by atoms with E-state index in [0.717, 1.165) is 49.6 Å². The van der Waals surface area contributed by atoms with E-state index < -0.39 is 6.10 Å². The van der Waals surface area contributed by atoms with Crippen LogP contribution in [0.4, 0.5) is 5.69 Å². The van der Waals surface area contributed by atoms with Crippen molar-refractivity contribution in [1.82, 2.24) is 4.90 Å². The van der Waals surface area contributed by atoms with Gasteiger partial charge in [-0.25, -0.2) is 0 Å². The molecule has 2 aliphatic heterocycles. The number of hydrogen-bond acceptors (Lipinski definition) is 3. The minimum absolute atomic E-state index is 0.175. The zero-order chi connectivity index (χ0) is 18.9. The number of hydrogen-bond donors (Lipinski definition) is 1. The second-order valence-electron chi connectivity index (χ2n) is 9.20. The molecule has 0 radical (unpaired) electrons. The highest BCUT2D eigenvalue weighted by atomic mass is 16.3. The van der Waals surface area contributed by atoms with Crippen molar-refractivity contribution in [2.45, 2.75) is 59.5 Å². The average Bonchev–Trinajstić information content (AvgIpc) is 2.61. The summed E-state index contributed by atoms with van der Waals surface area (Å²) in [6.07, 6.45) is 3.95. The number of benzene rings is 1. The number of fused-ring (bicyclic) bond motifs is 1. The quantitative estimate of drug-likeness (QED) is 0.894.